The number of nitrogens with zero attached hydrogens (tertiary/aromatic N) is 2. The van der Waals surface area contributed by atoms with Gasteiger partial charge in [-0.15, -0.1) is 0 Å². The summed E-state index contributed by atoms with van der Waals surface area (Å²) in [6.07, 6.45) is 11.2. The Balaban J connectivity index is 1.99. The van der Waals surface area contributed by atoms with E-state index in [9.17, 15) is 4.79 Å². The summed E-state index contributed by atoms with van der Waals surface area (Å²) in [4.78, 5) is 14.5. The normalized spacial score (nSPS) is 16.3. The van der Waals surface area contributed by atoms with Gasteiger partial charge < -0.3 is 4.90 Å². The van der Waals surface area contributed by atoms with Crippen molar-refractivity contribution in [2.45, 2.75) is 51.9 Å². The predicted octanol–water partition coefficient (Wildman–Crippen LogP) is 5.84. The van der Waals surface area contributed by atoms with Crippen LogP contribution < -0.4 is 0 Å². The van der Waals surface area contributed by atoms with E-state index in [1.165, 1.54) is 49.5 Å². The molecule has 3 nitrogen and oxygen atoms in total. The van der Waals surface area contributed by atoms with Crippen LogP contribution in [0, 0.1) is 5.92 Å². The molecule has 0 aliphatic heterocycles. The monoisotopic (exact) mass is 390 g/mol. The van der Waals surface area contributed by atoms with E-state index in [0.29, 0.717) is 6.54 Å². The number of carbonyl (C=O) groups is 1. The lowest BCUT2D eigenvalue weighted by Crippen LogP contribution is -2.30. The van der Waals surface area contributed by atoms with E-state index >= 15 is 0 Å². The molecule has 1 aliphatic rings. The SMILES string of the molecule is CCN(C)C(=O)n1cc(CC2CCCCCC2)c2c(Br)cccc21. The third-order valence-corrected chi connectivity index (χ3v) is 6.01. The number of halogens is 1. The molecule has 1 aliphatic carbocycles. The van der Waals surface area contributed by atoms with Crippen molar-refractivity contribution < 1.29 is 4.79 Å². The molecule has 0 atom stereocenters. The molecule has 0 N–H and O–H groups in total. The minimum atomic E-state index is 0.0488. The second-order valence-corrected chi connectivity index (χ2v) is 7.87. The van der Waals surface area contributed by atoms with Crippen LogP contribution in [-0.4, -0.2) is 29.1 Å². The van der Waals surface area contributed by atoms with Gasteiger partial charge in [0.2, 0.25) is 0 Å². The van der Waals surface area contributed by atoms with Crippen molar-refractivity contribution in [3.8, 4) is 0 Å². The van der Waals surface area contributed by atoms with E-state index in [0.717, 1.165) is 22.3 Å². The summed E-state index contributed by atoms with van der Waals surface area (Å²) in [5.41, 5.74) is 2.32. The lowest BCUT2D eigenvalue weighted by Gasteiger charge is -2.15. The maximum absolute atomic E-state index is 12.7. The van der Waals surface area contributed by atoms with Gasteiger partial charge in [0.1, 0.15) is 0 Å². The van der Waals surface area contributed by atoms with E-state index in [1.54, 1.807) is 4.90 Å². The average Bonchev–Trinajstić information content (AvgIpc) is 2.77. The Bertz CT molecular complexity index is 714. The number of benzene rings is 1. The second kappa shape index (κ2) is 7.73. The lowest BCUT2D eigenvalue weighted by atomic mass is 9.92. The molecule has 1 amide bonds. The van der Waals surface area contributed by atoms with Gasteiger partial charge in [-0.2, -0.15) is 0 Å². The van der Waals surface area contributed by atoms with Crippen LogP contribution in [0.3, 0.4) is 0 Å². The van der Waals surface area contributed by atoms with Crippen molar-refractivity contribution in [1.82, 2.24) is 9.47 Å². The van der Waals surface area contributed by atoms with Crippen molar-refractivity contribution in [2.75, 3.05) is 13.6 Å². The van der Waals surface area contributed by atoms with E-state index in [4.69, 9.17) is 0 Å². The van der Waals surface area contributed by atoms with Gasteiger partial charge in [-0.3, -0.25) is 4.57 Å². The molecule has 0 spiro atoms. The molecule has 24 heavy (non-hydrogen) atoms. The van der Waals surface area contributed by atoms with Gasteiger partial charge >= 0.3 is 6.03 Å². The average molecular weight is 391 g/mol. The number of aromatic nitrogens is 1. The van der Waals surface area contributed by atoms with Crippen molar-refractivity contribution in [3.63, 3.8) is 0 Å². The van der Waals surface area contributed by atoms with Crippen LogP contribution in [0.2, 0.25) is 0 Å². The smallest absolute Gasteiger partial charge is 0.327 e. The Morgan fingerprint density at radius 3 is 2.62 bits per heavy atom. The van der Waals surface area contributed by atoms with Crippen LogP contribution in [0.25, 0.3) is 10.9 Å². The molecule has 4 heteroatoms. The summed E-state index contributed by atoms with van der Waals surface area (Å²) >= 11 is 3.71. The van der Waals surface area contributed by atoms with Crippen molar-refractivity contribution in [3.05, 3.63) is 34.4 Å². The topological polar surface area (TPSA) is 25.2 Å². The highest BCUT2D eigenvalue weighted by Crippen LogP contribution is 2.33. The quantitative estimate of drug-likeness (QED) is 0.604. The summed E-state index contributed by atoms with van der Waals surface area (Å²) in [5, 5.41) is 1.21. The zero-order valence-corrected chi connectivity index (χ0v) is 16.3. The number of hydrogen-bond acceptors (Lipinski definition) is 1. The van der Waals surface area contributed by atoms with Gasteiger partial charge in [-0.25, -0.2) is 4.79 Å². The zero-order valence-electron chi connectivity index (χ0n) is 14.7. The molecule has 0 bridgehead atoms. The summed E-state index contributed by atoms with van der Waals surface area (Å²) in [6, 6.07) is 6.19. The molecule has 1 saturated carbocycles. The number of carbonyl (C=O) groups excluding carboxylic acids is 1. The fourth-order valence-corrected chi connectivity index (χ4v) is 4.44. The van der Waals surface area contributed by atoms with Gasteiger partial charge in [0.05, 0.1) is 5.52 Å². The standard InChI is InChI=1S/C20H27BrN2O/c1-3-22(2)20(24)23-14-16(13-15-9-6-4-5-7-10-15)19-17(21)11-8-12-18(19)23/h8,11-12,14-15H,3-7,9-10,13H2,1-2H3. The van der Waals surface area contributed by atoms with Crippen LogP contribution in [-0.2, 0) is 6.42 Å². The first-order valence-corrected chi connectivity index (χ1v) is 9.95. The van der Waals surface area contributed by atoms with E-state index < -0.39 is 0 Å². The predicted molar refractivity (Wildman–Crippen MR) is 104 cm³/mol. The third-order valence-electron chi connectivity index (χ3n) is 5.35. The lowest BCUT2D eigenvalue weighted by molar-refractivity contribution is 0.214. The van der Waals surface area contributed by atoms with Crippen LogP contribution in [0.15, 0.2) is 28.9 Å². The number of hydrogen-bond donors (Lipinski definition) is 0. The first-order valence-electron chi connectivity index (χ1n) is 9.15. The molecule has 0 saturated heterocycles. The molecule has 0 unspecified atom stereocenters. The Labute approximate surface area is 153 Å². The molecule has 130 valence electrons. The number of fused-ring (bicyclic) bond motifs is 1. The molecule has 1 aromatic heterocycles. The molecule has 1 fully saturated rings. The summed E-state index contributed by atoms with van der Waals surface area (Å²) in [6.45, 7) is 2.72. The van der Waals surface area contributed by atoms with E-state index in [2.05, 4.69) is 34.3 Å². The van der Waals surface area contributed by atoms with Crippen molar-refractivity contribution in [2.24, 2.45) is 5.92 Å². The number of amides is 1. The third kappa shape index (κ3) is 3.53. The second-order valence-electron chi connectivity index (χ2n) is 7.02. The molecular weight excluding hydrogens is 364 g/mol. The molecular formula is C20H27BrN2O. The highest BCUT2D eigenvalue weighted by atomic mass is 79.9. The molecule has 3 rings (SSSR count). The van der Waals surface area contributed by atoms with Crippen molar-refractivity contribution >= 4 is 32.9 Å². The molecule has 1 aromatic carbocycles. The Kier molecular flexibility index (Phi) is 5.65. The highest BCUT2D eigenvalue weighted by molar-refractivity contribution is 9.10. The van der Waals surface area contributed by atoms with Crippen LogP contribution in [0.5, 0.6) is 0 Å². The Hall–Kier alpha value is -1.29. The summed E-state index contributed by atoms with van der Waals surface area (Å²) < 4.78 is 2.92. The van der Waals surface area contributed by atoms with Gasteiger partial charge in [-0.1, -0.05) is 60.5 Å². The van der Waals surface area contributed by atoms with Gasteiger partial charge in [0.15, 0.2) is 0 Å². The maximum atomic E-state index is 12.7. The van der Waals surface area contributed by atoms with E-state index in [1.807, 2.05) is 24.6 Å². The van der Waals surface area contributed by atoms with Crippen LogP contribution >= 0.6 is 15.9 Å². The van der Waals surface area contributed by atoms with Crippen molar-refractivity contribution in [1.29, 1.82) is 0 Å². The first kappa shape index (κ1) is 17.5. The van der Waals surface area contributed by atoms with Crippen LogP contribution in [0.1, 0.15) is 51.0 Å². The molecule has 2 aromatic rings. The number of rotatable bonds is 3. The van der Waals surface area contributed by atoms with Gasteiger partial charge in [0.25, 0.3) is 0 Å². The molecule has 1 heterocycles. The van der Waals surface area contributed by atoms with Gasteiger partial charge in [0, 0.05) is 29.6 Å². The largest absolute Gasteiger partial charge is 0.328 e. The Morgan fingerprint density at radius 1 is 1.25 bits per heavy atom. The minimum Gasteiger partial charge on any atom is -0.327 e. The first-order chi connectivity index (χ1) is 11.6. The van der Waals surface area contributed by atoms with E-state index in [-0.39, 0.29) is 6.03 Å². The minimum absolute atomic E-state index is 0.0488. The van der Waals surface area contributed by atoms with Gasteiger partial charge in [-0.05, 0) is 37.0 Å². The summed E-state index contributed by atoms with van der Waals surface area (Å²) in [5.74, 6) is 0.748. The maximum Gasteiger partial charge on any atom is 0.328 e. The Morgan fingerprint density at radius 2 is 1.96 bits per heavy atom. The molecule has 0 radical (unpaired) electrons. The van der Waals surface area contributed by atoms with Crippen LogP contribution in [0.4, 0.5) is 4.79 Å². The fourth-order valence-electron chi connectivity index (χ4n) is 3.83. The highest BCUT2D eigenvalue weighted by Gasteiger charge is 2.20. The summed E-state index contributed by atoms with van der Waals surface area (Å²) in [7, 11) is 1.86. The zero-order chi connectivity index (χ0) is 17.1. The fraction of sp³-hybridized carbons (Fsp3) is 0.550.